The monoisotopic (exact) mass is 253 g/mol. The van der Waals surface area contributed by atoms with E-state index in [2.05, 4.69) is 19.2 Å². The molecule has 3 aliphatic heterocycles. The molecule has 3 saturated heterocycles. The molecule has 102 valence electrons. The van der Waals surface area contributed by atoms with Crippen LogP contribution in [0.4, 0.5) is 0 Å². The molecule has 0 aliphatic carbocycles. The summed E-state index contributed by atoms with van der Waals surface area (Å²) >= 11 is 0. The van der Waals surface area contributed by atoms with Gasteiger partial charge in [0.25, 0.3) is 0 Å². The van der Waals surface area contributed by atoms with Crippen molar-refractivity contribution in [1.29, 1.82) is 0 Å². The highest BCUT2D eigenvalue weighted by Crippen LogP contribution is 2.34. The molecule has 18 heavy (non-hydrogen) atoms. The van der Waals surface area contributed by atoms with Crippen LogP contribution in [-0.2, 0) is 14.3 Å². The molecule has 5 unspecified atom stereocenters. The van der Waals surface area contributed by atoms with E-state index in [1.54, 1.807) is 0 Å². The molecule has 3 heterocycles. The molecule has 0 amide bonds. The van der Waals surface area contributed by atoms with Crippen LogP contribution in [0.5, 0.6) is 0 Å². The van der Waals surface area contributed by atoms with Crippen LogP contribution >= 0.6 is 0 Å². The van der Waals surface area contributed by atoms with Crippen LogP contribution in [0.2, 0.25) is 0 Å². The lowest BCUT2D eigenvalue weighted by atomic mass is 9.89. The maximum absolute atomic E-state index is 12.2. The molecule has 3 aliphatic rings. The van der Waals surface area contributed by atoms with Gasteiger partial charge in [0, 0.05) is 24.9 Å². The molecule has 2 bridgehead atoms. The summed E-state index contributed by atoms with van der Waals surface area (Å²) in [6, 6.07) is 0.928. The summed E-state index contributed by atoms with van der Waals surface area (Å²) in [4.78, 5) is 12.2. The number of fused-ring (bicyclic) bond motifs is 2. The molecule has 0 spiro atoms. The van der Waals surface area contributed by atoms with Gasteiger partial charge in [0.2, 0.25) is 0 Å². The van der Waals surface area contributed by atoms with Crippen LogP contribution in [0.1, 0.15) is 46.0 Å². The third kappa shape index (κ3) is 2.41. The second kappa shape index (κ2) is 4.82. The lowest BCUT2D eigenvalue weighted by Gasteiger charge is -2.32. The fourth-order valence-corrected chi connectivity index (χ4v) is 3.78. The van der Waals surface area contributed by atoms with Crippen LogP contribution in [-0.4, -0.2) is 36.4 Å². The maximum Gasteiger partial charge on any atom is 0.310 e. The molecule has 0 aromatic carbocycles. The Labute approximate surface area is 108 Å². The minimum Gasteiger partial charge on any atom is -0.462 e. The highest BCUT2D eigenvalue weighted by molar-refractivity contribution is 5.74. The number of esters is 1. The number of rotatable bonds is 2. The van der Waals surface area contributed by atoms with Crippen LogP contribution < -0.4 is 5.32 Å². The highest BCUT2D eigenvalue weighted by Gasteiger charge is 2.44. The molecule has 0 aromatic rings. The molecule has 0 radical (unpaired) electrons. The van der Waals surface area contributed by atoms with Crippen molar-refractivity contribution < 1.29 is 14.3 Å². The Hall–Kier alpha value is -0.610. The van der Waals surface area contributed by atoms with Gasteiger partial charge in [-0.1, -0.05) is 0 Å². The van der Waals surface area contributed by atoms with Crippen LogP contribution in [0, 0.1) is 5.92 Å². The van der Waals surface area contributed by atoms with Gasteiger partial charge in [-0.3, -0.25) is 4.79 Å². The van der Waals surface area contributed by atoms with Crippen molar-refractivity contribution >= 4 is 5.97 Å². The maximum atomic E-state index is 12.2. The Morgan fingerprint density at radius 1 is 1.17 bits per heavy atom. The normalized spacial score (nSPS) is 47.2. The van der Waals surface area contributed by atoms with Gasteiger partial charge in [0.15, 0.2) is 0 Å². The number of hydrogen-bond donors (Lipinski definition) is 1. The Balaban J connectivity index is 1.54. The molecule has 0 aromatic heterocycles. The van der Waals surface area contributed by atoms with Crippen molar-refractivity contribution in [2.45, 2.75) is 76.3 Å². The molecule has 0 saturated carbocycles. The molecule has 3 fully saturated rings. The van der Waals surface area contributed by atoms with E-state index in [4.69, 9.17) is 9.47 Å². The van der Waals surface area contributed by atoms with Crippen molar-refractivity contribution in [3.8, 4) is 0 Å². The van der Waals surface area contributed by atoms with Gasteiger partial charge < -0.3 is 14.8 Å². The fourth-order valence-electron chi connectivity index (χ4n) is 3.78. The second-order valence-corrected chi connectivity index (χ2v) is 6.18. The average Bonchev–Trinajstić information content (AvgIpc) is 2.88. The SMILES string of the molecule is CC1CC(OC(=O)C2CC3CCC2N3)CC(C)O1. The Kier molecular flexibility index (Phi) is 3.32. The standard InChI is InChI=1S/C14H23NO3/c1-8-5-11(6-9(2)17-8)18-14(16)12-7-10-3-4-13(12)15-10/h8-13,15H,3-7H2,1-2H3. The molecular formula is C14H23NO3. The lowest BCUT2D eigenvalue weighted by molar-refractivity contribution is -0.165. The van der Waals surface area contributed by atoms with Crippen LogP contribution in [0.3, 0.4) is 0 Å². The Morgan fingerprint density at radius 3 is 2.44 bits per heavy atom. The molecule has 4 nitrogen and oxygen atoms in total. The molecule has 3 rings (SSSR count). The van der Waals surface area contributed by atoms with Crippen LogP contribution in [0.25, 0.3) is 0 Å². The summed E-state index contributed by atoms with van der Waals surface area (Å²) < 4.78 is 11.4. The van der Waals surface area contributed by atoms with Gasteiger partial charge in [-0.2, -0.15) is 0 Å². The number of hydrogen-bond acceptors (Lipinski definition) is 4. The Morgan fingerprint density at radius 2 is 1.89 bits per heavy atom. The van der Waals surface area contributed by atoms with Gasteiger partial charge in [0.05, 0.1) is 18.1 Å². The summed E-state index contributed by atoms with van der Waals surface area (Å²) in [6.07, 6.45) is 5.45. The zero-order chi connectivity index (χ0) is 12.7. The molecular weight excluding hydrogens is 230 g/mol. The first kappa shape index (κ1) is 12.4. The molecule has 4 heteroatoms. The van der Waals surface area contributed by atoms with Crippen molar-refractivity contribution in [1.82, 2.24) is 5.32 Å². The van der Waals surface area contributed by atoms with Gasteiger partial charge >= 0.3 is 5.97 Å². The van der Waals surface area contributed by atoms with E-state index in [-0.39, 0.29) is 30.2 Å². The van der Waals surface area contributed by atoms with Gasteiger partial charge in [-0.25, -0.2) is 0 Å². The van der Waals surface area contributed by atoms with E-state index in [0.29, 0.717) is 12.1 Å². The van der Waals surface area contributed by atoms with Crippen LogP contribution in [0.15, 0.2) is 0 Å². The fraction of sp³-hybridized carbons (Fsp3) is 0.929. The predicted molar refractivity (Wildman–Crippen MR) is 67.2 cm³/mol. The van der Waals surface area contributed by atoms with Crippen molar-refractivity contribution in [3.63, 3.8) is 0 Å². The first-order valence-corrected chi connectivity index (χ1v) is 7.24. The Bertz CT molecular complexity index is 323. The third-order valence-corrected chi connectivity index (χ3v) is 4.54. The number of carbonyl (C=O) groups excluding carboxylic acids is 1. The third-order valence-electron chi connectivity index (χ3n) is 4.54. The minimum absolute atomic E-state index is 0.0148. The summed E-state index contributed by atoms with van der Waals surface area (Å²) in [5, 5.41) is 3.49. The van der Waals surface area contributed by atoms with E-state index in [0.717, 1.165) is 25.7 Å². The largest absolute Gasteiger partial charge is 0.462 e. The van der Waals surface area contributed by atoms with Gasteiger partial charge in [0.1, 0.15) is 6.10 Å². The van der Waals surface area contributed by atoms with E-state index in [1.165, 1.54) is 6.42 Å². The van der Waals surface area contributed by atoms with Crippen molar-refractivity contribution in [2.24, 2.45) is 5.92 Å². The predicted octanol–water partition coefficient (Wildman–Crippen LogP) is 1.63. The van der Waals surface area contributed by atoms with E-state index in [9.17, 15) is 4.79 Å². The first-order chi connectivity index (χ1) is 8.61. The van der Waals surface area contributed by atoms with Crippen molar-refractivity contribution in [3.05, 3.63) is 0 Å². The van der Waals surface area contributed by atoms with Crippen molar-refractivity contribution in [2.75, 3.05) is 0 Å². The van der Waals surface area contributed by atoms with E-state index >= 15 is 0 Å². The zero-order valence-corrected chi connectivity index (χ0v) is 11.2. The molecule has 1 N–H and O–H groups in total. The minimum atomic E-state index is 0.0148. The number of nitrogens with one attached hydrogen (secondary N) is 1. The summed E-state index contributed by atoms with van der Waals surface area (Å²) in [5.74, 6) is 0.109. The summed E-state index contributed by atoms with van der Waals surface area (Å²) in [6.45, 7) is 4.10. The summed E-state index contributed by atoms with van der Waals surface area (Å²) in [5.41, 5.74) is 0. The second-order valence-electron chi connectivity index (χ2n) is 6.18. The quantitative estimate of drug-likeness (QED) is 0.760. The topological polar surface area (TPSA) is 47.6 Å². The zero-order valence-electron chi connectivity index (χ0n) is 11.2. The van der Waals surface area contributed by atoms with Gasteiger partial charge in [-0.15, -0.1) is 0 Å². The highest BCUT2D eigenvalue weighted by atomic mass is 16.6. The number of carbonyl (C=O) groups is 1. The first-order valence-electron chi connectivity index (χ1n) is 7.24. The summed E-state index contributed by atoms with van der Waals surface area (Å²) in [7, 11) is 0. The van der Waals surface area contributed by atoms with E-state index < -0.39 is 0 Å². The van der Waals surface area contributed by atoms with E-state index in [1.807, 2.05) is 0 Å². The smallest absolute Gasteiger partial charge is 0.310 e. The lowest BCUT2D eigenvalue weighted by Crippen LogP contribution is -2.38. The van der Waals surface area contributed by atoms with Gasteiger partial charge in [-0.05, 0) is 33.1 Å². The average molecular weight is 253 g/mol. The molecule has 5 atom stereocenters. The number of ether oxygens (including phenoxy) is 2.